The highest BCUT2D eigenvalue weighted by atomic mass is 19.3. The second kappa shape index (κ2) is 11.8. The molecule has 0 unspecified atom stereocenters. The first-order valence-corrected chi connectivity index (χ1v) is 14.5. The van der Waals surface area contributed by atoms with E-state index in [0.29, 0.717) is 60.6 Å². The fraction of sp³-hybridized carbons (Fsp3) is 0.516. The number of ether oxygens (including phenoxy) is 1. The van der Waals surface area contributed by atoms with Crippen LogP contribution in [0.4, 0.5) is 19.0 Å². The van der Waals surface area contributed by atoms with Crippen molar-refractivity contribution in [1.82, 2.24) is 19.4 Å². The van der Waals surface area contributed by atoms with Gasteiger partial charge in [-0.05, 0) is 52.8 Å². The van der Waals surface area contributed by atoms with Crippen LogP contribution in [0.25, 0.3) is 10.9 Å². The van der Waals surface area contributed by atoms with Crippen molar-refractivity contribution in [3.05, 3.63) is 62.8 Å². The minimum absolute atomic E-state index is 0.0491. The number of halogens is 3. The molecule has 0 bridgehead atoms. The van der Waals surface area contributed by atoms with Gasteiger partial charge in [0, 0.05) is 50.1 Å². The molecule has 0 saturated carbocycles. The number of amides is 1. The normalized spacial score (nSPS) is 19.0. The summed E-state index contributed by atoms with van der Waals surface area (Å²) in [7, 11) is 5.51. The first kappa shape index (κ1) is 30.8. The third-order valence-electron chi connectivity index (χ3n) is 8.60. The molecule has 0 aliphatic carbocycles. The second-order valence-corrected chi connectivity index (χ2v) is 11.9. The Kier molecular flexibility index (Phi) is 8.45. The third kappa shape index (κ3) is 5.82. The number of carbonyl (C=O) groups excluding carboxylic acids is 1. The smallest absolute Gasteiger partial charge is 0.266 e. The number of likely N-dealkylation sites (tertiary alicyclic amines) is 1. The lowest BCUT2D eigenvalue weighted by Crippen LogP contribution is -2.47. The molecule has 2 aliphatic heterocycles. The molecule has 0 radical (unpaired) electrons. The summed E-state index contributed by atoms with van der Waals surface area (Å²) < 4.78 is 49.9. The second-order valence-electron chi connectivity index (χ2n) is 11.9. The van der Waals surface area contributed by atoms with Crippen molar-refractivity contribution >= 4 is 22.6 Å². The SMILES string of the molecule is CC(=O)N1CCC(O)(c2cc3c(N[C@H](C)c4cccc(C(F)F)c4F)nc4c(c3n(C)c2=O)O[C@H](CN(C)C)CC4)CC1. The molecule has 2 N–H and O–H groups in total. The lowest BCUT2D eigenvalue weighted by molar-refractivity contribution is -0.133. The molecule has 5 rings (SSSR count). The Morgan fingerprint density at radius 1 is 1.26 bits per heavy atom. The van der Waals surface area contributed by atoms with E-state index < -0.39 is 35.0 Å². The van der Waals surface area contributed by atoms with Crippen LogP contribution in [0.15, 0.2) is 29.1 Å². The molecule has 1 fully saturated rings. The summed E-state index contributed by atoms with van der Waals surface area (Å²) in [6.07, 6.45) is -1.47. The van der Waals surface area contributed by atoms with Crippen LogP contribution >= 0.6 is 0 Å². The number of aryl methyl sites for hydroxylation is 2. The zero-order valence-electron chi connectivity index (χ0n) is 25.1. The lowest BCUT2D eigenvalue weighted by Gasteiger charge is -2.38. The number of hydrogen-bond donors (Lipinski definition) is 2. The monoisotopic (exact) mass is 601 g/mol. The number of alkyl halides is 2. The molecule has 2 aliphatic rings. The number of rotatable bonds is 7. The van der Waals surface area contributed by atoms with E-state index in [4.69, 9.17) is 9.72 Å². The van der Waals surface area contributed by atoms with E-state index in [1.54, 1.807) is 24.9 Å². The van der Waals surface area contributed by atoms with E-state index >= 15 is 4.39 Å². The zero-order valence-corrected chi connectivity index (χ0v) is 25.1. The average molecular weight is 602 g/mol. The van der Waals surface area contributed by atoms with Crippen molar-refractivity contribution in [2.24, 2.45) is 7.05 Å². The van der Waals surface area contributed by atoms with Crippen LogP contribution in [0.2, 0.25) is 0 Å². The summed E-state index contributed by atoms with van der Waals surface area (Å²) in [6.45, 7) is 4.38. The van der Waals surface area contributed by atoms with Gasteiger partial charge in [-0.15, -0.1) is 0 Å². The molecular weight excluding hydrogens is 563 g/mol. The number of pyridine rings is 2. The molecule has 12 heteroatoms. The maximum Gasteiger partial charge on any atom is 0.266 e. The van der Waals surface area contributed by atoms with Crippen LogP contribution < -0.4 is 15.6 Å². The fourth-order valence-electron chi connectivity index (χ4n) is 6.19. The highest BCUT2D eigenvalue weighted by molar-refractivity contribution is 5.95. The number of nitrogens with zero attached hydrogens (tertiary/aromatic N) is 4. The number of anilines is 1. The van der Waals surface area contributed by atoms with Gasteiger partial charge >= 0.3 is 0 Å². The van der Waals surface area contributed by atoms with Crippen LogP contribution in [0.1, 0.15) is 68.0 Å². The van der Waals surface area contributed by atoms with Crippen LogP contribution in [0.3, 0.4) is 0 Å². The van der Waals surface area contributed by atoms with Crippen molar-refractivity contribution in [2.75, 3.05) is 39.0 Å². The highest BCUT2D eigenvalue weighted by Gasteiger charge is 2.38. The number of nitrogens with one attached hydrogen (secondary N) is 1. The van der Waals surface area contributed by atoms with Gasteiger partial charge < -0.3 is 29.5 Å². The molecule has 3 aromatic rings. The van der Waals surface area contributed by atoms with Crippen molar-refractivity contribution in [2.45, 2.75) is 63.7 Å². The largest absolute Gasteiger partial charge is 0.485 e. The fourth-order valence-corrected chi connectivity index (χ4v) is 6.19. The Balaban J connectivity index is 1.65. The molecule has 0 spiro atoms. The summed E-state index contributed by atoms with van der Waals surface area (Å²) in [5, 5.41) is 15.4. The van der Waals surface area contributed by atoms with E-state index in [1.165, 1.54) is 23.6 Å². The summed E-state index contributed by atoms with van der Waals surface area (Å²) in [5.74, 6) is -0.298. The standard InChI is InChI=1S/C31H38F3N5O4/c1-17(20-7-6-8-21(25(20)32)28(33)34)35-29-22-15-23(31(42)11-13-39(14-12-31)18(2)40)30(41)38(5)26(22)27-24(36-29)10-9-19(43-27)16-37(3)4/h6-8,15,17,19,28,42H,9-14,16H2,1-5H3,(H,35,36)/t17-,19+/m1/s1. The van der Waals surface area contributed by atoms with Gasteiger partial charge in [0.1, 0.15) is 17.7 Å². The molecule has 1 aromatic carbocycles. The van der Waals surface area contributed by atoms with E-state index in [9.17, 15) is 23.5 Å². The third-order valence-corrected chi connectivity index (χ3v) is 8.60. The number of carbonyl (C=O) groups is 1. The number of benzene rings is 1. The van der Waals surface area contributed by atoms with E-state index in [0.717, 1.165) is 6.07 Å². The van der Waals surface area contributed by atoms with E-state index in [-0.39, 0.29) is 36.0 Å². The van der Waals surface area contributed by atoms with Gasteiger partial charge in [-0.3, -0.25) is 9.59 Å². The van der Waals surface area contributed by atoms with Crippen molar-refractivity contribution < 1.29 is 27.8 Å². The summed E-state index contributed by atoms with van der Waals surface area (Å²) in [4.78, 5) is 34.2. The predicted molar refractivity (Wildman–Crippen MR) is 157 cm³/mol. The predicted octanol–water partition coefficient (Wildman–Crippen LogP) is 4.27. The quantitative estimate of drug-likeness (QED) is 0.418. The Bertz CT molecular complexity index is 1600. The Hall–Kier alpha value is -3.64. The molecule has 1 amide bonds. The van der Waals surface area contributed by atoms with Crippen LogP contribution in [0, 0.1) is 5.82 Å². The lowest BCUT2D eigenvalue weighted by atomic mass is 9.84. The topological polar surface area (TPSA) is 99.9 Å². The first-order chi connectivity index (χ1) is 20.3. The molecule has 232 valence electrons. The van der Waals surface area contributed by atoms with Crippen molar-refractivity contribution in [3.8, 4) is 5.75 Å². The van der Waals surface area contributed by atoms with Crippen LogP contribution in [-0.2, 0) is 23.9 Å². The van der Waals surface area contributed by atoms with Gasteiger partial charge in [-0.25, -0.2) is 18.2 Å². The number of likely N-dealkylation sites (N-methyl/N-ethyl adjacent to an activating group) is 1. The summed E-state index contributed by atoms with van der Waals surface area (Å²) in [6, 6.07) is 4.74. The number of hydrogen-bond acceptors (Lipinski definition) is 7. The number of piperidine rings is 1. The van der Waals surface area contributed by atoms with E-state index in [1.807, 2.05) is 19.0 Å². The van der Waals surface area contributed by atoms with Gasteiger partial charge in [0.15, 0.2) is 5.75 Å². The summed E-state index contributed by atoms with van der Waals surface area (Å²) >= 11 is 0. The Morgan fingerprint density at radius 2 is 1.93 bits per heavy atom. The van der Waals surface area contributed by atoms with Gasteiger partial charge in [0.25, 0.3) is 12.0 Å². The molecule has 2 atom stereocenters. The maximum absolute atomic E-state index is 15.1. The molecule has 9 nitrogen and oxygen atoms in total. The Labute approximate surface area is 248 Å². The van der Waals surface area contributed by atoms with Crippen molar-refractivity contribution in [1.29, 1.82) is 0 Å². The van der Waals surface area contributed by atoms with Gasteiger partial charge in [-0.1, -0.05) is 18.2 Å². The van der Waals surface area contributed by atoms with Gasteiger partial charge in [0.2, 0.25) is 5.91 Å². The molecule has 43 heavy (non-hydrogen) atoms. The van der Waals surface area contributed by atoms with Crippen LogP contribution in [-0.4, -0.2) is 70.2 Å². The molecule has 2 aromatic heterocycles. The first-order valence-electron chi connectivity index (χ1n) is 14.5. The van der Waals surface area contributed by atoms with Gasteiger partial charge in [-0.2, -0.15) is 0 Å². The highest BCUT2D eigenvalue weighted by Crippen LogP contribution is 2.41. The van der Waals surface area contributed by atoms with Gasteiger partial charge in [0.05, 0.1) is 28.4 Å². The maximum atomic E-state index is 15.1. The number of fused-ring (bicyclic) bond motifs is 3. The average Bonchev–Trinajstić information content (AvgIpc) is 2.94. The zero-order chi connectivity index (χ0) is 31.2. The van der Waals surface area contributed by atoms with E-state index in [2.05, 4.69) is 5.32 Å². The van der Waals surface area contributed by atoms with Crippen molar-refractivity contribution in [3.63, 3.8) is 0 Å². The molecule has 1 saturated heterocycles. The molecular formula is C31H38F3N5O4. The number of aromatic nitrogens is 2. The molecule has 4 heterocycles. The van der Waals surface area contributed by atoms with Crippen LogP contribution in [0.5, 0.6) is 5.75 Å². The summed E-state index contributed by atoms with van der Waals surface area (Å²) in [5.41, 5.74) is -1.26. The number of aliphatic hydroxyl groups is 1. The Morgan fingerprint density at radius 3 is 2.56 bits per heavy atom. The minimum atomic E-state index is -2.96. The minimum Gasteiger partial charge on any atom is -0.485 e.